The molecule has 0 saturated heterocycles. The Morgan fingerprint density at radius 2 is 2.26 bits per heavy atom. The fraction of sp³-hybridized carbons (Fsp3) is 0.545. The lowest BCUT2D eigenvalue weighted by molar-refractivity contribution is 0.288. The first-order valence-corrected chi connectivity index (χ1v) is 7.27. The van der Waals surface area contributed by atoms with Crippen LogP contribution < -0.4 is 10.6 Å². The van der Waals surface area contributed by atoms with Gasteiger partial charge in [-0.2, -0.15) is 21.7 Å². The molecule has 2 unspecified atom stereocenters. The van der Waals surface area contributed by atoms with E-state index in [1.807, 2.05) is 13.2 Å². The largest absolute Gasteiger partial charge is 0.395 e. The molecule has 2 aromatic heterocycles. The first kappa shape index (κ1) is 13.9. The number of aliphatic hydroxyl groups excluding tert-OH is 1. The molecule has 2 heterocycles. The van der Waals surface area contributed by atoms with Crippen molar-refractivity contribution in [3.8, 4) is 0 Å². The van der Waals surface area contributed by atoms with Gasteiger partial charge in [-0.1, -0.05) is 0 Å². The summed E-state index contributed by atoms with van der Waals surface area (Å²) in [7, 11) is 1.76. The number of thioether (sulfide) groups is 1. The smallest absolute Gasteiger partial charge is 0.226 e. The van der Waals surface area contributed by atoms with Gasteiger partial charge >= 0.3 is 0 Å². The SMILES string of the molecule is CNc1nc(NC(C)C(CO)SC)c2[nH]cnc2n1. The average molecular weight is 282 g/mol. The maximum absolute atomic E-state index is 9.32. The molecule has 7 nitrogen and oxygen atoms in total. The van der Waals surface area contributed by atoms with E-state index < -0.39 is 0 Å². The normalized spacial score (nSPS) is 14.3. The van der Waals surface area contributed by atoms with E-state index in [1.165, 1.54) is 0 Å². The number of aromatic amines is 1. The summed E-state index contributed by atoms with van der Waals surface area (Å²) in [5, 5.41) is 15.6. The highest BCUT2D eigenvalue weighted by molar-refractivity contribution is 7.99. The van der Waals surface area contributed by atoms with E-state index in [2.05, 4.69) is 30.6 Å². The van der Waals surface area contributed by atoms with Crippen LogP contribution in [0.3, 0.4) is 0 Å². The summed E-state index contributed by atoms with van der Waals surface area (Å²) in [5.74, 6) is 1.20. The lowest BCUT2D eigenvalue weighted by Crippen LogP contribution is -2.31. The summed E-state index contributed by atoms with van der Waals surface area (Å²) >= 11 is 1.62. The van der Waals surface area contributed by atoms with Crippen LogP contribution in [0, 0.1) is 0 Å². The van der Waals surface area contributed by atoms with Gasteiger partial charge in [0, 0.05) is 18.3 Å². The van der Waals surface area contributed by atoms with E-state index in [1.54, 1.807) is 25.1 Å². The van der Waals surface area contributed by atoms with Gasteiger partial charge in [0.15, 0.2) is 11.5 Å². The van der Waals surface area contributed by atoms with E-state index in [9.17, 15) is 5.11 Å². The third-order valence-corrected chi connectivity index (χ3v) is 4.08. The average Bonchev–Trinajstić information content (AvgIpc) is 2.88. The molecule has 4 N–H and O–H groups in total. The summed E-state index contributed by atoms with van der Waals surface area (Å²) in [6.07, 6.45) is 3.57. The second kappa shape index (κ2) is 6.07. The van der Waals surface area contributed by atoms with Crippen LogP contribution in [0.1, 0.15) is 6.92 Å². The Labute approximate surface area is 115 Å². The fourth-order valence-corrected chi connectivity index (χ4v) is 2.42. The summed E-state index contributed by atoms with van der Waals surface area (Å²) in [6.45, 7) is 2.13. The van der Waals surface area contributed by atoms with Crippen molar-refractivity contribution >= 4 is 34.7 Å². The van der Waals surface area contributed by atoms with Crippen LogP contribution in [0.15, 0.2) is 6.33 Å². The summed E-state index contributed by atoms with van der Waals surface area (Å²) < 4.78 is 0. The van der Waals surface area contributed by atoms with Crippen molar-refractivity contribution in [2.45, 2.75) is 18.2 Å². The van der Waals surface area contributed by atoms with Gasteiger partial charge in [-0.25, -0.2) is 4.98 Å². The first-order valence-electron chi connectivity index (χ1n) is 5.98. The van der Waals surface area contributed by atoms with Crippen molar-refractivity contribution in [3.63, 3.8) is 0 Å². The van der Waals surface area contributed by atoms with Crippen molar-refractivity contribution in [1.29, 1.82) is 0 Å². The Morgan fingerprint density at radius 3 is 2.89 bits per heavy atom. The maximum atomic E-state index is 9.32. The van der Waals surface area contributed by atoms with Crippen molar-refractivity contribution in [2.75, 3.05) is 30.5 Å². The molecule has 0 radical (unpaired) electrons. The van der Waals surface area contributed by atoms with Gasteiger partial charge in [0.2, 0.25) is 5.95 Å². The molecule has 0 aromatic carbocycles. The van der Waals surface area contributed by atoms with Gasteiger partial charge < -0.3 is 20.7 Å². The molecule has 0 saturated carbocycles. The van der Waals surface area contributed by atoms with Crippen LogP contribution in [0.2, 0.25) is 0 Å². The Kier molecular flexibility index (Phi) is 4.43. The standard InChI is InChI=1S/C11H18N6OS/c1-6(7(4-18)19-3)15-10-8-9(14-5-13-8)16-11(12-2)17-10/h5-7,18H,4H2,1-3H3,(H3,12,13,14,15,16,17). The number of nitrogens with zero attached hydrogens (tertiary/aromatic N) is 3. The van der Waals surface area contributed by atoms with Crippen molar-refractivity contribution in [1.82, 2.24) is 19.9 Å². The number of aliphatic hydroxyl groups is 1. The van der Waals surface area contributed by atoms with Crippen molar-refractivity contribution in [3.05, 3.63) is 6.33 Å². The van der Waals surface area contributed by atoms with Gasteiger partial charge in [0.1, 0.15) is 5.52 Å². The number of aromatic nitrogens is 4. The van der Waals surface area contributed by atoms with Crippen LogP contribution >= 0.6 is 11.8 Å². The summed E-state index contributed by atoms with van der Waals surface area (Å²) in [4.78, 5) is 15.8. The van der Waals surface area contributed by atoms with E-state index >= 15 is 0 Å². The quantitative estimate of drug-likeness (QED) is 0.625. The Balaban J connectivity index is 2.30. The number of nitrogens with one attached hydrogen (secondary N) is 3. The molecule has 0 bridgehead atoms. The third-order valence-electron chi connectivity index (χ3n) is 2.91. The molecule has 0 amide bonds. The maximum Gasteiger partial charge on any atom is 0.226 e. The summed E-state index contributed by atoms with van der Waals surface area (Å²) in [6, 6.07) is 0.0751. The van der Waals surface area contributed by atoms with E-state index in [0.29, 0.717) is 17.4 Å². The topological polar surface area (TPSA) is 98.8 Å². The number of hydrogen-bond acceptors (Lipinski definition) is 7. The zero-order chi connectivity index (χ0) is 13.8. The van der Waals surface area contributed by atoms with Crippen LogP contribution in [-0.4, -0.2) is 56.2 Å². The second-order valence-corrected chi connectivity index (χ2v) is 5.21. The number of fused-ring (bicyclic) bond motifs is 1. The zero-order valence-corrected chi connectivity index (χ0v) is 12.0. The second-order valence-electron chi connectivity index (χ2n) is 4.14. The first-order chi connectivity index (χ1) is 9.19. The van der Waals surface area contributed by atoms with Crippen LogP contribution in [0.4, 0.5) is 11.8 Å². The Hall–Kier alpha value is -1.54. The predicted molar refractivity (Wildman–Crippen MR) is 78.7 cm³/mol. The third kappa shape index (κ3) is 2.90. The van der Waals surface area contributed by atoms with Gasteiger partial charge in [0.25, 0.3) is 0 Å². The number of hydrogen-bond donors (Lipinski definition) is 4. The molecule has 19 heavy (non-hydrogen) atoms. The molecule has 2 atom stereocenters. The van der Waals surface area contributed by atoms with E-state index in [-0.39, 0.29) is 17.9 Å². The lowest BCUT2D eigenvalue weighted by atomic mass is 10.2. The minimum absolute atomic E-state index is 0.0751. The van der Waals surface area contributed by atoms with E-state index in [0.717, 1.165) is 5.52 Å². The highest BCUT2D eigenvalue weighted by atomic mass is 32.2. The molecule has 0 aliphatic rings. The Bertz CT molecular complexity index is 541. The molecule has 0 spiro atoms. The molecule has 0 aliphatic carbocycles. The monoisotopic (exact) mass is 282 g/mol. The predicted octanol–water partition coefficient (Wildman–Crippen LogP) is 0.919. The zero-order valence-electron chi connectivity index (χ0n) is 11.1. The van der Waals surface area contributed by atoms with Crippen LogP contribution in [0.5, 0.6) is 0 Å². The highest BCUT2D eigenvalue weighted by Crippen LogP contribution is 2.21. The molecule has 104 valence electrons. The minimum Gasteiger partial charge on any atom is -0.395 e. The van der Waals surface area contributed by atoms with Gasteiger partial charge in [-0.15, -0.1) is 0 Å². The van der Waals surface area contributed by atoms with Crippen LogP contribution in [0.25, 0.3) is 11.2 Å². The number of H-pyrrole nitrogens is 1. The summed E-state index contributed by atoms with van der Waals surface area (Å²) in [5.41, 5.74) is 1.38. The number of rotatable bonds is 6. The fourth-order valence-electron chi connectivity index (χ4n) is 1.79. The number of anilines is 2. The highest BCUT2D eigenvalue weighted by Gasteiger charge is 2.18. The van der Waals surface area contributed by atoms with Crippen molar-refractivity contribution in [2.24, 2.45) is 0 Å². The molecular formula is C11H18N6OS. The molecule has 8 heteroatoms. The molecule has 2 rings (SSSR count). The van der Waals surface area contributed by atoms with Gasteiger partial charge in [-0.05, 0) is 13.2 Å². The molecule has 2 aromatic rings. The van der Waals surface area contributed by atoms with Gasteiger partial charge in [-0.3, -0.25) is 0 Å². The molecular weight excluding hydrogens is 264 g/mol. The number of imidazole rings is 1. The Morgan fingerprint density at radius 1 is 1.47 bits per heavy atom. The molecule has 0 fully saturated rings. The van der Waals surface area contributed by atoms with Gasteiger partial charge in [0.05, 0.1) is 12.9 Å². The van der Waals surface area contributed by atoms with Crippen molar-refractivity contribution < 1.29 is 5.11 Å². The molecule has 0 aliphatic heterocycles. The van der Waals surface area contributed by atoms with Crippen LogP contribution in [-0.2, 0) is 0 Å². The van der Waals surface area contributed by atoms with E-state index in [4.69, 9.17) is 0 Å². The minimum atomic E-state index is 0.0751. The lowest BCUT2D eigenvalue weighted by Gasteiger charge is -2.22.